The first-order valence-corrected chi connectivity index (χ1v) is 9.54. The number of fused-ring (bicyclic) bond motifs is 1. The van der Waals surface area contributed by atoms with Crippen molar-refractivity contribution in [2.24, 2.45) is 0 Å². The molecule has 1 aromatic carbocycles. The lowest BCUT2D eigenvalue weighted by Gasteiger charge is -2.18. The second-order valence-corrected chi connectivity index (χ2v) is 7.28. The van der Waals surface area contributed by atoms with E-state index in [1.165, 1.54) is 0 Å². The van der Waals surface area contributed by atoms with E-state index in [2.05, 4.69) is 4.90 Å². The molecule has 8 heteroatoms. The lowest BCUT2D eigenvalue weighted by Crippen LogP contribution is -2.34. The molecule has 0 radical (unpaired) electrons. The monoisotopic (exact) mass is 352 g/mol. The van der Waals surface area contributed by atoms with Crippen molar-refractivity contribution in [1.82, 2.24) is 9.96 Å². The molecular weight excluding hydrogens is 336 g/mol. The fraction of sp³-hybridized carbons (Fsp3) is 0.400. The Kier molecular flexibility index (Phi) is 5.24. The Morgan fingerprint density at radius 2 is 1.61 bits per heavy atom. The zero-order chi connectivity index (χ0) is 16.2. The lowest BCUT2D eigenvalue weighted by atomic mass is 10.1. The highest BCUT2D eigenvalue weighted by Gasteiger charge is 2.38. The molecule has 2 aliphatic heterocycles. The molecular formula is C15H16N2O4S2. The molecule has 0 bridgehead atoms. The summed E-state index contributed by atoms with van der Waals surface area (Å²) in [5.41, 5.74) is 0.538. The van der Waals surface area contributed by atoms with Crippen LogP contribution < -0.4 is 0 Å². The van der Waals surface area contributed by atoms with Gasteiger partial charge in [0.15, 0.2) is 0 Å². The standard InChI is InChI=1S/C15H16N2O4S2/c18-13(5-6-16-9-22-7-8-23-10-16)21-17-14(19)11-3-1-2-4-12(11)15(17)20/h1-4H,5-10H2. The average molecular weight is 352 g/mol. The van der Waals surface area contributed by atoms with Gasteiger partial charge in [-0.2, -0.15) is 0 Å². The van der Waals surface area contributed by atoms with Crippen molar-refractivity contribution in [2.45, 2.75) is 6.42 Å². The summed E-state index contributed by atoms with van der Waals surface area (Å²) in [4.78, 5) is 43.3. The Morgan fingerprint density at radius 1 is 1.04 bits per heavy atom. The van der Waals surface area contributed by atoms with Gasteiger partial charge in [-0.25, -0.2) is 4.79 Å². The van der Waals surface area contributed by atoms with E-state index in [4.69, 9.17) is 4.84 Å². The number of imide groups is 1. The van der Waals surface area contributed by atoms with E-state index in [1.807, 2.05) is 23.5 Å². The van der Waals surface area contributed by atoms with E-state index in [1.54, 1.807) is 24.3 Å². The Balaban J connectivity index is 1.54. The predicted octanol–water partition coefficient (Wildman–Crippen LogP) is 1.83. The molecule has 1 fully saturated rings. The molecule has 3 rings (SSSR count). The summed E-state index contributed by atoms with van der Waals surface area (Å²) in [5.74, 6) is 2.25. The highest BCUT2D eigenvalue weighted by molar-refractivity contribution is 8.03. The van der Waals surface area contributed by atoms with Gasteiger partial charge in [0.1, 0.15) is 0 Å². The number of benzene rings is 1. The average Bonchev–Trinajstić information content (AvgIpc) is 2.77. The van der Waals surface area contributed by atoms with Gasteiger partial charge in [0.2, 0.25) is 0 Å². The van der Waals surface area contributed by atoms with Crippen LogP contribution in [0.15, 0.2) is 24.3 Å². The van der Waals surface area contributed by atoms with E-state index in [-0.39, 0.29) is 17.5 Å². The summed E-state index contributed by atoms with van der Waals surface area (Å²) in [6.45, 7) is 0.558. The predicted molar refractivity (Wildman–Crippen MR) is 89.0 cm³/mol. The summed E-state index contributed by atoms with van der Waals surface area (Å²) in [6, 6.07) is 6.44. The summed E-state index contributed by atoms with van der Waals surface area (Å²) in [7, 11) is 0. The first kappa shape index (κ1) is 16.4. The van der Waals surface area contributed by atoms with Crippen molar-refractivity contribution in [3.63, 3.8) is 0 Å². The van der Waals surface area contributed by atoms with Crippen molar-refractivity contribution in [2.75, 3.05) is 29.8 Å². The van der Waals surface area contributed by atoms with Crippen molar-refractivity contribution >= 4 is 41.3 Å². The molecule has 0 unspecified atom stereocenters. The van der Waals surface area contributed by atoms with Crippen LogP contribution in [0.25, 0.3) is 0 Å². The van der Waals surface area contributed by atoms with Gasteiger partial charge in [0.05, 0.1) is 17.5 Å². The third-order valence-corrected chi connectivity index (χ3v) is 5.84. The Morgan fingerprint density at radius 3 is 2.17 bits per heavy atom. The van der Waals surface area contributed by atoms with E-state index >= 15 is 0 Å². The summed E-state index contributed by atoms with van der Waals surface area (Å²) >= 11 is 3.67. The number of carbonyl (C=O) groups excluding carboxylic acids is 3. The maximum Gasteiger partial charge on any atom is 0.334 e. The third kappa shape index (κ3) is 3.70. The number of rotatable bonds is 4. The van der Waals surface area contributed by atoms with Gasteiger partial charge in [0, 0.05) is 29.8 Å². The molecule has 2 aliphatic rings. The van der Waals surface area contributed by atoms with Crippen LogP contribution in [0.4, 0.5) is 0 Å². The molecule has 122 valence electrons. The second-order valence-electron chi connectivity index (χ2n) is 5.13. The smallest absolute Gasteiger partial charge is 0.330 e. The highest BCUT2D eigenvalue weighted by atomic mass is 32.2. The molecule has 0 aromatic heterocycles. The topological polar surface area (TPSA) is 66.9 Å². The fourth-order valence-corrected chi connectivity index (χ4v) is 4.59. The van der Waals surface area contributed by atoms with Crippen molar-refractivity contribution in [1.29, 1.82) is 0 Å². The minimum atomic E-state index is -0.583. The molecule has 0 spiro atoms. The molecule has 0 N–H and O–H groups in total. The summed E-state index contributed by atoms with van der Waals surface area (Å²) in [6.07, 6.45) is 0.147. The number of thioether (sulfide) groups is 2. The van der Waals surface area contributed by atoms with Crippen LogP contribution in [0.3, 0.4) is 0 Å². The third-order valence-electron chi connectivity index (χ3n) is 3.50. The van der Waals surface area contributed by atoms with Gasteiger partial charge >= 0.3 is 5.97 Å². The van der Waals surface area contributed by atoms with Crippen molar-refractivity contribution in [3.8, 4) is 0 Å². The minimum Gasteiger partial charge on any atom is -0.330 e. The minimum absolute atomic E-state index is 0.147. The summed E-state index contributed by atoms with van der Waals surface area (Å²) in [5, 5.41) is 0.568. The fourth-order valence-electron chi connectivity index (χ4n) is 2.32. The maximum atomic E-state index is 12.1. The van der Waals surface area contributed by atoms with Gasteiger partial charge in [-0.3, -0.25) is 14.5 Å². The number of hydroxylamine groups is 2. The van der Waals surface area contributed by atoms with E-state index in [9.17, 15) is 14.4 Å². The molecule has 1 saturated heterocycles. The Labute approximate surface area is 142 Å². The number of amides is 2. The molecule has 2 amide bonds. The molecule has 1 aromatic rings. The first-order chi connectivity index (χ1) is 11.2. The first-order valence-electron chi connectivity index (χ1n) is 7.23. The van der Waals surface area contributed by atoms with Gasteiger partial charge in [-0.1, -0.05) is 17.2 Å². The molecule has 0 aliphatic carbocycles. The van der Waals surface area contributed by atoms with Gasteiger partial charge < -0.3 is 4.84 Å². The number of hydrogen-bond donors (Lipinski definition) is 0. The quantitative estimate of drug-likeness (QED) is 0.766. The summed E-state index contributed by atoms with van der Waals surface area (Å²) < 4.78 is 0. The van der Waals surface area contributed by atoms with Crippen LogP contribution in [-0.4, -0.2) is 57.6 Å². The lowest BCUT2D eigenvalue weighted by molar-refractivity contribution is -0.168. The van der Waals surface area contributed by atoms with Crippen LogP contribution in [0.2, 0.25) is 0 Å². The maximum absolute atomic E-state index is 12.1. The molecule has 23 heavy (non-hydrogen) atoms. The number of carbonyl (C=O) groups is 3. The SMILES string of the molecule is O=C(CCN1CSCCSC1)ON1C(=O)c2ccccc2C1=O. The van der Waals surface area contributed by atoms with Gasteiger partial charge in [0.25, 0.3) is 11.8 Å². The Hall–Kier alpha value is -1.51. The zero-order valence-electron chi connectivity index (χ0n) is 12.4. The number of hydrogen-bond acceptors (Lipinski definition) is 7. The van der Waals surface area contributed by atoms with E-state index in [0.29, 0.717) is 11.6 Å². The zero-order valence-corrected chi connectivity index (χ0v) is 14.0. The van der Waals surface area contributed by atoms with Gasteiger partial charge in [-0.15, -0.1) is 23.5 Å². The largest absolute Gasteiger partial charge is 0.334 e. The molecule has 0 saturated carbocycles. The van der Waals surface area contributed by atoms with Crippen molar-refractivity contribution < 1.29 is 19.2 Å². The van der Waals surface area contributed by atoms with Crippen LogP contribution in [0.1, 0.15) is 27.1 Å². The highest BCUT2D eigenvalue weighted by Crippen LogP contribution is 2.23. The van der Waals surface area contributed by atoms with E-state index in [0.717, 1.165) is 23.3 Å². The van der Waals surface area contributed by atoms with Crippen molar-refractivity contribution in [3.05, 3.63) is 35.4 Å². The molecule has 2 heterocycles. The van der Waals surface area contributed by atoms with Crippen LogP contribution >= 0.6 is 23.5 Å². The van der Waals surface area contributed by atoms with Gasteiger partial charge in [-0.05, 0) is 12.1 Å². The number of nitrogens with zero attached hydrogens (tertiary/aromatic N) is 2. The van der Waals surface area contributed by atoms with Crippen LogP contribution in [-0.2, 0) is 9.63 Å². The Bertz CT molecular complexity index is 595. The molecule has 6 nitrogen and oxygen atoms in total. The van der Waals surface area contributed by atoms with Crippen LogP contribution in [0, 0.1) is 0 Å². The normalized spacial score (nSPS) is 18.7. The van der Waals surface area contributed by atoms with E-state index < -0.39 is 17.8 Å². The van der Waals surface area contributed by atoms with Crippen LogP contribution in [0.5, 0.6) is 0 Å². The molecule has 0 atom stereocenters. The second kappa shape index (κ2) is 7.37.